The first-order valence-electron chi connectivity index (χ1n) is 14.1. The van der Waals surface area contributed by atoms with Gasteiger partial charge in [-0.1, -0.05) is 37.9 Å². The van der Waals surface area contributed by atoms with Crippen molar-refractivity contribution in [3.63, 3.8) is 0 Å². The maximum Gasteiger partial charge on any atom is 0.330 e. The number of aryl methyl sites for hydroxylation is 2. The molecule has 8 atom stereocenters. The SMILES string of the molecule is CC[C@@]1(CO)O[C@@H](n2cc(C)c(=O)[nH]c2=O)[C@@H](N=[N+]=[N-])C1C.CC[C@@]1(OC=O)O[C@@H](n2cc(C)c(=O)[nH]c2=O)[C@@H](N=[N+]=[N-])C1C. The van der Waals surface area contributed by atoms with E-state index >= 15 is 0 Å². The summed E-state index contributed by atoms with van der Waals surface area (Å²) in [6.45, 7) is 10.2. The van der Waals surface area contributed by atoms with Crippen LogP contribution in [0.4, 0.5) is 0 Å². The van der Waals surface area contributed by atoms with Gasteiger partial charge in [-0.05, 0) is 31.3 Å². The summed E-state index contributed by atoms with van der Waals surface area (Å²) in [4.78, 5) is 67.9. The van der Waals surface area contributed by atoms with E-state index in [1.54, 1.807) is 20.8 Å². The molecule has 19 nitrogen and oxygen atoms in total. The molecule has 2 unspecified atom stereocenters. The molecule has 4 heterocycles. The van der Waals surface area contributed by atoms with Crippen LogP contribution in [0, 0.1) is 25.7 Å². The normalized spacial score (nSPS) is 30.4. The van der Waals surface area contributed by atoms with Gasteiger partial charge in [0.1, 0.15) is 6.23 Å². The molecule has 0 radical (unpaired) electrons. The van der Waals surface area contributed by atoms with Crippen molar-refractivity contribution in [2.24, 2.45) is 22.1 Å². The summed E-state index contributed by atoms with van der Waals surface area (Å²) in [5, 5.41) is 17.1. The van der Waals surface area contributed by atoms with E-state index in [9.17, 15) is 29.1 Å². The van der Waals surface area contributed by atoms with Crippen LogP contribution in [-0.4, -0.2) is 60.8 Å². The van der Waals surface area contributed by atoms with Crippen molar-refractivity contribution in [3.05, 3.63) is 86.1 Å². The van der Waals surface area contributed by atoms with Gasteiger partial charge in [0.15, 0.2) is 6.23 Å². The smallest absolute Gasteiger partial charge is 0.330 e. The number of carbonyl (C=O) groups is 1. The van der Waals surface area contributed by atoms with Crippen LogP contribution in [0.25, 0.3) is 20.9 Å². The summed E-state index contributed by atoms with van der Waals surface area (Å²) < 4.78 is 19.2. The first-order valence-corrected chi connectivity index (χ1v) is 14.1. The van der Waals surface area contributed by atoms with Crippen molar-refractivity contribution in [1.29, 1.82) is 0 Å². The number of aromatic nitrogens is 4. The molecule has 0 aromatic carbocycles. The molecule has 45 heavy (non-hydrogen) atoms. The maximum atomic E-state index is 12.1. The highest BCUT2D eigenvalue weighted by atomic mass is 16.7. The third kappa shape index (κ3) is 6.43. The van der Waals surface area contributed by atoms with Gasteiger partial charge in [0.2, 0.25) is 5.79 Å². The number of rotatable bonds is 9. The standard InChI is InChI=1S/C13H17N5O5.C13H19N5O4/c1-4-13(22-6-19)8(3)9(16-17-14)11(23-13)18-5-7(2)10(20)15-12(18)21;1-4-13(6-19)8(3)9(16-17-14)11(22-13)18-5-7(2)10(20)15-12(18)21/h5-6,8-9,11H,4H2,1-3H3,(H,15,20,21);5,8-9,11,19H,4,6H2,1-3H3,(H,15,20,21)/t8?,9-,11+,13+;8?,9-,11+,13-/m00/s1. The highest BCUT2D eigenvalue weighted by molar-refractivity contribution is 5.38. The van der Waals surface area contributed by atoms with Gasteiger partial charge in [0, 0.05) is 51.6 Å². The summed E-state index contributed by atoms with van der Waals surface area (Å²) in [5.74, 6) is -2.09. The molecule has 0 saturated carbocycles. The van der Waals surface area contributed by atoms with E-state index in [1.807, 2.05) is 13.8 Å². The molecule has 0 spiro atoms. The summed E-state index contributed by atoms with van der Waals surface area (Å²) in [6.07, 6.45) is 1.63. The second kappa shape index (κ2) is 14.0. The molecular weight excluding hydrogens is 596 g/mol. The van der Waals surface area contributed by atoms with Gasteiger partial charge in [-0.3, -0.25) is 33.5 Å². The maximum absolute atomic E-state index is 12.1. The molecule has 0 aliphatic carbocycles. The van der Waals surface area contributed by atoms with Crippen molar-refractivity contribution < 1.29 is 24.1 Å². The monoisotopic (exact) mass is 632 g/mol. The van der Waals surface area contributed by atoms with Gasteiger partial charge in [0.05, 0.1) is 24.3 Å². The number of nitrogens with one attached hydrogen (secondary N) is 2. The number of aliphatic hydroxyl groups is 1. The molecule has 2 aliphatic heterocycles. The van der Waals surface area contributed by atoms with Crippen LogP contribution in [0.15, 0.2) is 41.8 Å². The second-order valence-corrected chi connectivity index (χ2v) is 10.9. The molecule has 2 aliphatic rings. The predicted octanol–water partition coefficient (Wildman–Crippen LogP) is 1.80. The number of nitrogens with zero attached hydrogens (tertiary/aromatic N) is 8. The lowest BCUT2D eigenvalue weighted by molar-refractivity contribution is -0.237. The van der Waals surface area contributed by atoms with E-state index in [4.69, 9.17) is 25.3 Å². The van der Waals surface area contributed by atoms with E-state index in [2.05, 4.69) is 30.0 Å². The number of carbonyl (C=O) groups excluding carboxylic acids is 1. The molecule has 19 heteroatoms. The highest BCUT2D eigenvalue weighted by Crippen LogP contribution is 2.46. The molecule has 244 valence electrons. The lowest BCUT2D eigenvalue weighted by Gasteiger charge is -2.29. The van der Waals surface area contributed by atoms with Crippen LogP contribution >= 0.6 is 0 Å². The van der Waals surface area contributed by atoms with Crippen LogP contribution in [0.1, 0.15) is 64.1 Å². The molecular formula is C26H36N10O9. The van der Waals surface area contributed by atoms with Gasteiger partial charge in [-0.2, -0.15) is 0 Å². The minimum atomic E-state index is -1.31. The molecule has 2 aromatic heterocycles. The fraction of sp³-hybridized carbons (Fsp3) is 0.654. The molecule has 4 rings (SSSR count). The molecule has 0 bridgehead atoms. The summed E-state index contributed by atoms with van der Waals surface area (Å²) in [6, 6.07) is -1.46. The van der Waals surface area contributed by atoms with Crippen LogP contribution in [0.5, 0.6) is 0 Å². The van der Waals surface area contributed by atoms with Gasteiger partial charge in [0.25, 0.3) is 17.6 Å². The molecule has 3 N–H and O–H groups in total. The van der Waals surface area contributed by atoms with Crippen molar-refractivity contribution in [2.75, 3.05) is 6.61 Å². The van der Waals surface area contributed by atoms with E-state index in [0.717, 1.165) is 4.57 Å². The zero-order valence-corrected chi connectivity index (χ0v) is 25.6. The Balaban J connectivity index is 0.000000246. The predicted molar refractivity (Wildman–Crippen MR) is 157 cm³/mol. The number of hydrogen-bond donors (Lipinski definition) is 3. The lowest BCUT2D eigenvalue weighted by Crippen LogP contribution is -2.39. The van der Waals surface area contributed by atoms with E-state index in [0.29, 0.717) is 24.0 Å². The number of hydrogen-bond acceptors (Lipinski definition) is 11. The lowest BCUT2D eigenvalue weighted by atomic mass is 9.84. The van der Waals surface area contributed by atoms with Crippen molar-refractivity contribution in [1.82, 2.24) is 19.1 Å². The molecule has 2 saturated heterocycles. The van der Waals surface area contributed by atoms with E-state index in [-0.39, 0.29) is 19.0 Å². The second-order valence-electron chi connectivity index (χ2n) is 10.9. The van der Waals surface area contributed by atoms with E-state index < -0.39 is 64.3 Å². The van der Waals surface area contributed by atoms with Gasteiger partial charge in [-0.25, -0.2) is 9.59 Å². The Bertz CT molecular complexity index is 1730. The van der Waals surface area contributed by atoms with Crippen LogP contribution in [0.2, 0.25) is 0 Å². The first kappa shape index (κ1) is 34.8. The third-order valence-electron chi connectivity index (χ3n) is 8.62. The number of azide groups is 2. The van der Waals surface area contributed by atoms with Crippen molar-refractivity contribution in [3.8, 4) is 0 Å². The van der Waals surface area contributed by atoms with Crippen molar-refractivity contribution >= 4 is 6.47 Å². The summed E-state index contributed by atoms with van der Waals surface area (Å²) in [5.41, 5.74) is 15.0. The zero-order chi connectivity index (χ0) is 33.7. The van der Waals surface area contributed by atoms with Crippen LogP contribution in [-0.2, 0) is 19.0 Å². The van der Waals surface area contributed by atoms with Gasteiger partial charge < -0.3 is 19.3 Å². The van der Waals surface area contributed by atoms with Crippen LogP contribution in [0.3, 0.4) is 0 Å². The molecule has 0 amide bonds. The topological polar surface area (TPSA) is 272 Å². The minimum Gasteiger partial charge on any atom is -0.435 e. The molecule has 2 aromatic rings. The number of aromatic amines is 2. The fourth-order valence-electron chi connectivity index (χ4n) is 5.69. The Hall–Kier alpha value is -4.67. The first-order chi connectivity index (χ1) is 21.3. The number of H-pyrrole nitrogens is 2. The average molecular weight is 633 g/mol. The fourth-order valence-corrected chi connectivity index (χ4v) is 5.69. The largest absolute Gasteiger partial charge is 0.435 e. The Kier molecular flexibility index (Phi) is 10.8. The van der Waals surface area contributed by atoms with Gasteiger partial charge >= 0.3 is 11.4 Å². The summed E-state index contributed by atoms with van der Waals surface area (Å²) in [7, 11) is 0. The average Bonchev–Trinajstić information content (AvgIpc) is 3.44. The minimum absolute atomic E-state index is 0.254. The van der Waals surface area contributed by atoms with E-state index in [1.165, 1.54) is 23.9 Å². The summed E-state index contributed by atoms with van der Waals surface area (Å²) >= 11 is 0. The Morgan fingerprint density at radius 3 is 1.78 bits per heavy atom. The number of aliphatic hydroxyl groups excluding tert-OH is 1. The third-order valence-corrected chi connectivity index (χ3v) is 8.62. The van der Waals surface area contributed by atoms with Crippen LogP contribution < -0.4 is 22.5 Å². The zero-order valence-electron chi connectivity index (χ0n) is 25.6. The number of ether oxygens (including phenoxy) is 3. The van der Waals surface area contributed by atoms with Gasteiger partial charge in [-0.15, -0.1) is 0 Å². The van der Waals surface area contributed by atoms with Crippen molar-refractivity contribution in [2.45, 2.75) is 90.3 Å². The Morgan fingerprint density at radius 1 is 0.911 bits per heavy atom. The Labute approximate surface area is 255 Å². The Morgan fingerprint density at radius 2 is 1.38 bits per heavy atom. The quantitative estimate of drug-likeness (QED) is 0.157. The molecule has 2 fully saturated rings. The highest BCUT2D eigenvalue weighted by Gasteiger charge is 2.55.